The first kappa shape index (κ1) is 9.67. The fourth-order valence-electron chi connectivity index (χ4n) is 3.21. The average molecular weight is 209 g/mol. The summed E-state index contributed by atoms with van der Waals surface area (Å²) in [6, 6.07) is 1.00. The largest absolute Gasteiger partial charge is 0.495 e. The van der Waals surface area contributed by atoms with Gasteiger partial charge < -0.3 is 15.2 Å². The van der Waals surface area contributed by atoms with Gasteiger partial charge in [0, 0.05) is 12.1 Å². The average Bonchev–Trinajstić information content (AvgIpc) is 2.60. The molecule has 15 heavy (non-hydrogen) atoms. The highest BCUT2D eigenvalue weighted by Gasteiger charge is 2.45. The summed E-state index contributed by atoms with van der Waals surface area (Å²) in [6.45, 7) is 0.775. The van der Waals surface area contributed by atoms with Gasteiger partial charge in [-0.15, -0.1) is 0 Å². The fourth-order valence-corrected chi connectivity index (χ4v) is 3.21. The van der Waals surface area contributed by atoms with Gasteiger partial charge in [0.1, 0.15) is 11.4 Å². The van der Waals surface area contributed by atoms with Crippen LogP contribution >= 0.6 is 0 Å². The molecule has 0 spiro atoms. The molecule has 3 nitrogen and oxygen atoms in total. The maximum atomic E-state index is 10.6. The maximum Gasteiger partial charge on any atom is 0.124 e. The summed E-state index contributed by atoms with van der Waals surface area (Å²) in [5, 5.41) is 14.2. The van der Waals surface area contributed by atoms with E-state index in [1.807, 2.05) is 0 Å². The first-order chi connectivity index (χ1) is 7.26. The molecule has 2 atom stereocenters. The minimum atomic E-state index is -0.669. The van der Waals surface area contributed by atoms with Crippen molar-refractivity contribution in [2.75, 3.05) is 6.61 Å². The molecule has 0 amide bonds. The van der Waals surface area contributed by atoms with Crippen LogP contribution < -0.4 is 5.32 Å². The van der Waals surface area contributed by atoms with E-state index in [0.29, 0.717) is 12.1 Å². The lowest BCUT2D eigenvalue weighted by atomic mass is 9.85. The molecule has 2 saturated heterocycles. The Hall–Kier alpha value is -0.540. The first-order valence-electron chi connectivity index (χ1n) is 6.08. The third-order valence-electron chi connectivity index (χ3n) is 3.90. The second-order valence-electron chi connectivity index (χ2n) is 5.14. The number of fused-ring (bicyclic) bond motifs is 2. The monoisotopic (exact) mass is 209 g/mol. The molecule has 2 fully saturated rings. The molecular formula is C12H19NO2. The molecule has 3 aliphatic heterocycles. The van der Waals surface area contributed by atoms with E-state index in [9.17, 15) is 5.11 Å². The summed E-state index contributed by atoms with van der Waals surface area (Å²) in [5.41, 5.74) is -0.669. The van der Waals surface area contributed by atoms with Crippen LogP contribution in [0, 0.1) is 0 Å². The molecule has 0 aromatic heterocycles. The van der Waals surface area contributed by atoms with Gasteiger partial charge in [-0.05, 0) is 44.6 Å². The lowest BCUT2D eigenvalue weighted by Crippen LogP contribution is -2.50. The van der Waals surface area contributed by atoms with Crippen LogP contribution in [0.2, 0.25) is 0 Å². The summed E-state index contributed by atoms with van der Waals surface area (Å²) in [5.74, 6) is 0.854. The summed E-state index contributed by atoms with van der Waals surface area (Å²) in [4.78, 5) is 0. The number of hydrogen-bond acceptors (Lipinski definition) is 3. The van der Waals surface area contributed by atoms with Crippen molar-refractivity contribution in [1.29, 1.82) is 0 Å². The number of piperidine rings is 1. The Labute approximate surface area is 90.5 Å². The summed E-state index contributed by atoms with van der Waals surface area (Å²) >= 11 is 0. The summed E-state index contributed by atoms with van der Waals surface area (Å²) < 4.78 is 5.63. The number of hydrogen-bond donors (Lipinski definition) is 2. The predicted molar refractivity (Wildman–Crippen MR) is 57.4 cm³/mol. The zero-order chi connectivity index (χ0) is 10.3. The smallest absolute Gasteiger partial charge is 0.124 e. The van der Waals surface area contributed by atoms with Crippen molar-refractivity contribution < 1.29 is 9.84 Å². The van der Waals surface area contributed by atoms with Crippen molar-refractivity contribution in [1.82, 2.24) is 5.32 Å². The second kappa shape index (κ2) is 3.49. The number of rotatable bonds is 1. The van der Waals surface area contributed by atoms with Crippen molar-refractivity contribution in [3.63, 3.8) is 0 Å². The Morgan fingerprint density at radius 2 is 2.07 bits per heavy atom. The number of aliphatic hydroxyl groups is 1. The van der Waals surface area contributed by atoms with Crippen LogP contribution in [0.3, 0.4) is 0 Å². The quantitative estimate of drug-likeness (QED) is 0.684. The Morgan fingerprint density at radius 3 is 2.67 bits per heavy atom. The molecule has 0 aliphatic carbocycles. The molecule has 2 bridgehead atoms. The van der Waals surface area contributed by atoms with Gasteiger partial charge in [0.2, 0.25) is 0 Å². The molecule has 3 aliphatic rings. The highest BCUT2D eigenvalue weighted by atomic mass is 16.5. The molecule has 3 rings (SSSR count). The van der Waals surface area contributed by atoms with Gasteiger partial charge in [-0.25, -0.2) is 0 Å². The van der Waals surface area contributed by atoms with Gasteiger partial charge in [-0.1, -0.05) is 0 Å². The highest BCUT2D eigenvalue weighted by molar-refractivity contribution is 5.17. The van der Waals surface area contributed by atoms with Gasteiger partial charge in [-0.3, -0.25) is 0 Å². The van der Waals surface area contributed by atoms with Crippen molar-refractivity contribution in [3.05, 3.63) is 11.8 Å². The number of ether oxygens (including phenoxy) is 1. The van der Waals surface area contributed by atoms with E-state index in [2.05, 4.69) is 11.4 Å². The standard InChI is InChI=1S/C12H19NO2/c14-12(11-3-1-2-6-15-11)7-9-4-5-10(8-12)13-9/h3,9-10,13-14H,1-2,4-8H2. The van der Waals surface area contributed by atoms with Crippen molar-refractivity contribution >= 4 is 0 Å². The zero-order valence-electron chi connectivity index (χ0n) is 9.04. The van der Waals surface area contributed by atoms with Crippen molar-refractivity contribution in [2.45, 2.75) is 56.2 Å². The van der Waals surface area contributed by atoms with Crippen LogP contribution in [-0.4, -0.2) is 29.4 Å². The minimum Gasteiger partial charge on any atom is -0.495 e. The second-order valence-corrected chi connectivity index (χ2v) is 5.14. The molecule has 3 heteroatoms. The predicted octanol–water partition coefficient (Wildman–Crippen LogP) is 1.33. The third kappa shape index (κ3) is 1.68. The van der Waals surface area contributed by atoms with Crippen LogP contribution in [0.25, 0.3) is 0 Å². The van der Waals surface area contributed by atoms with Gasteiger partial charge in [0.15, 0.2) is 0 Å². The van der Waals surface area contributed by atoms with E-state index in [0.717, 1.165) is 38.0 Å². The lowest BCUT2D eigenvalue weighted by Gasteiger charge is -2.39. The summed E-state index contributed by atoms with van der Waals surface area (Å²) in [6.07, 6.45) is 8.31. The molecule has 84 valence electrons. The van der Waals surface area contributed by atoms with Gasteiger partial charge in [-0.2, -0.15) is 0 Å². The van der Waals surface area contributed by atoms with Crippen molar-refractivity contribution in [3.8, 4) is 0 Å². The molecule has 0 saturated carbocycles. The molecule has 0 aromatic rings. The Morgan fingerprint density at radius 1 is 1.33 bits per heavy atom. The molecule has 0 radical (unpaired) electrons. The highest BCUT2D eigenvalue weighted by Crippen LogP contribution is 2.39. The van der Waals surface area contributed by atoms with Crippen LogP contribution in [0.15, 0.2) is 11.8 Å². The van der Waals surface area contributed by atoms with E-state index in [1.54, 1.807) is 0 Å². The fraction of sp³-hybridized carbons (Fsp3) is 0.833. The Balaban J connectivity index is 1.81. The number of allylic oxidation sites excluding steroid dienone is 1. The normalized spacial score (nSPS) is 44.7. The van der Waals surface area contributed by atoms with Crippen LogP contribution in [0.5, 0.6) is 0 Å². The first-order valence-corrected chi connectivity index (χ1v) is 6.08. The van der Waals surface area contributed by atoms with Gasteiger partial charge in [0.05, 0.1) is 6.61 Å². The van der Waals surface area contributed by atoms with E-state index < -0.39 is 5.60 Å². The summed E-state index contributed by atoms with van der Waals surface area (Å²) in [7, 11) is 0. The minimum absolute atomic E-state index is 0.500. The van der Waals surface area contributed by atoms with E-state index in [1.165, 1.54) is 12.8 Å². The topological polar surface area (TPSA) is 41.5 Å². The Kier molecular flexibility index (Phi) is 2.25. The van der Waals surface area contributed by atoms with Crippen molar-refractivity contribution in [2.24, 2.45) is 0 Å². The zero-order valence-corrected chi connectivity index (χ0v) is 9.04. The molecule has 0 aromatic carbocycles. The van der Waals surface area contributed by atoms with E-state index in [-0.39, 0.29) is 0 Å². The Bertz CT molecular complexity index is 275. The van der Waals surface area contributed by atoms with Gasteiger partial charge in [0.25, 0.3) is 0 Å². The molecule has 3 heterocycles. The third-order valence-corrected chi connectivity index (χ3v) is 3.90. The maximum absolute atomic E-state index is 10.6. The molecular weight excluding hydrogens is 190 g/mol. The van der Waals surface area contributed by atoms with Crippen LogP contribution in [-0.2, 0) is 4.74 Å². The molecule has 2 unspecified atom stereocenters. The van der Waals surface area contributed by atoms with E-state index in [4.69, 9.17) is 4.74 Å². The van der Waals surface area contributed by atoms with Gasteiger partial charge >= 0.3 is 0 Å². The SMILES string of the molecule is OC1(C2=CCCCO2)CC2CCC(C1)N2. The van der Waals surface area contributed by atoms with Crippen LogP contribution in [0.1, 0.15) is 38.5 Å². The van der Waals surface area contributed by atoms with E-state index >= 15 is 0 Å². The lowest BCUT2D eigenvalue weighted by molar-refractivity contribution is -0.0297. The van der Waals surface area contributed by atoms with Crippen LogP contribution in [0.4, 0.5) is 0 Å². The number of nitrogens with one attached hydrogen (secondary N) is 1. The molecule has 2 N–H and O–H groups in total.